The Bertz CT molecular complexity index is 252. The highest BCUT2D eigenvalue weighted by Gasteiger charge is 2.18. The molecule has 2 unspecified atom stereocenters. The summed E-state index contributed by atoms with van der Waals surface area (Å²) in [5, 5.41) is 2.86. The summed E-state index contributed by atoms with van der Waals surface area (Å²) in [6.45, 7) is 2.17. The molecule has 0 heterocycles. The Morgan fingerprint density at radius 3 is 2.62 bits per heavy atom. The predicted octanol–water partition coefficient (Wildman–Crippen LogP) is 0.531. The van der Waals surface area contributed by atoms with Gasteiger partial charge in [-0.05, 0) is 19.8 Å². The van der Waals surface area contributed by atoms with Crippen LogP contribution in [0.25, 0.3) is 0 Å². The van der Waals surface area contributed by atoms with E-state index in [9.17, 15) is 9.00 Å². The average molecular weight is 246 g/mol. The van der Waals surface area contributed by atoms with Gasteiger partial charge in [-0.15, -0.1) is 0 Å². The Morgan fingerprint density at radius 2 is 2.06 bits per heavy atom. The van der Waals surface area contributed by atoms with Gasteiger partial charge in [0.25, 0.3) is 0 Å². The van der Waals surface area contributed by atoms with E-state index >= 15 is 0 Å². The van der Waals surface area contributed by atoms with Gasteiger partial charge in [0, 0.05) is 28.6 Å². The minimum Gasteiger partial charge on any atom is -0.353 e. The lowest BCUT2D eigenvalue weighted by Crippen LogP contribution is -2.40. The van der Waals surface area contributed by atoms with Crippen LogP contribution >= 0.6 is 0 Å². The average Bonchev–Trinajstić information content (AvgIpc) is 2.29. The van der Waals surface area contributed by atoms with E-state index in [1.54, 1.807) is 0 Å². The van der Waals surface area contributed by atoms with Crippen LogP contribution in [0.4, 0.5) is 0 Å². The van der Waals surface area contributed by atoms with Gasteiger partial charge in [-0.3, -0.25) is 9.00 Å². The molecule has 0 aromatic carbocycles. The van der Waals surface area contributed by atoms with E-state index < -0.39 is 10.8 Å². The Hall–Kier alpha value is -0.420. The van der Waals surface area contributed by atoms with Gasteiger partial charge in [-0.2, -0.15) is 0 Å². The summed E-state index contributed by atoms with van der Waals surface area (Å²) in [6.07, 6.45) is 5.76. The van der Waals surface area contributed by atoms with Crippen molar-refractivity contribution in [3.63, 3.8) is 0 Å². The molecule has 0 saturated heterocycles. The van der Waals surface area contributed by atoms with Gasteiger partial charge in [0.15, 0.2) is 0 Å². The highest BCUT2D eigenvalue weighted by molar-refractivity contribution is 7.86. The van der Waals surface area contributed by atoms with E-state index in [-0.39, 0.29) is 16.9 Å². The van der Waals surface area contributed by atoms with Crippen molar-refractivity contribution >= 4 is 16.7 Å². The van der Waals surface area contributed by atoms with Crippen molar-refractivity contribution in [1.29, 1.82) is 0 Å². The second kappa shape index (κ2) is 7.01. The molecule has 0 aromatic rings. The van der Waals surface area contributed by atoms with Crippen molar-refractivity contribution in [2.75, 3.05) is 12.3 Å². The van der Waals surface area contributed by atoms with Crippen LogP contribution in [0, 0.1) is 0 Å². The maximum Gasteiger partial charge on any atom is 0.232 e. The Morgan fingerprint density at radius 1 is 1.44 bits per heavy atom. The summed E-state index contributed by atoms with van der Waals surface area (Å²) in [6, 6.07) is 0.298. The summed E-state index contributed by atoms with van der Waals surface area (Å²) >= 11 is 0. The number of nitrogens with one attached hydrogen (secondary N) is 1. The van der Waals surface area contributed by atoms with Gasteiger partial charge >= 0.3 is 0 Å². The number of nitrogens with two attached hydrogens (primary N) is 1. The third-order valence-corrected chi connectivity index (χ3v) is 4.66. The maximum absolute atomic E-state index is 11.6. The fraction of sp³-hybridized carbons (Fsp3) is 0.909. The number of hydrogen-bond donors (Lipinski definition) is 2. The zero-order valence-corrected chi connectivity index (χ0v) is 10.7. The molecule has 0 spiro atoms. The van der Waals surface area contributed by atoms with Crippen LogP contribution < -0.4 is 11.1 Å². The van der Waals surface area contributed by atoms with Crippen molar-refractivity contribution in [3.05, 3.63) is 0 Å². The lowest BCUT2D eigenvalue weighted by atomic mass is 9.95. The molecular weight excluding hydrogens is 224 g/mol. The SMILES string of the molecule is CC(CN)S(=O)CC(=O)NC1CCCCC1. The molecule has 5 heteroatoms. The van der Waals surface area contributed by atoms with Crippen molar-refractivity contribution in [2.24, 2.45) is 5.73 Å². The number of carbonyl (C=O) groups excluding carboxylic acids is 1. The fourth-order valence-corrected chi connectivity index (χ4v) is 2.74. The van der Waals surface area contributed by atoms with Crippen molar-refractivity contribution in [1.82, 2.24) is 5.32 Å². The molecule has 1 fully saturated rings. The highest BCUT2D eigenvalue weighted by atomic mass is 32.2. The monoisotopic (exact) mass is 246 g/mol. The molecule has 3 N–H and O–H groups in total. The minimum absolute atomic E-state index is 0.0921. The van der Waals surface area contributed by atoms with Gasteiger partial charge in [0.2, 0.25) is 5.91 Å². The first-order valence-electron chi connectivity index (χ1n) is 6.00. The summed E-state index contributed by atoms with van der Waals surface area (Å²) in [7, 11) is -1.14. The number of rotatable bonds is 5. The van der Waals surface area contributed by atoms with Crippen LogP contribution in [0.3, 0.4) is 0 Å². The lowest BCUT2D eigenvalue weighted by molar-refractivity contribution is -0.119. The van der Waals surface area contributed by atoms with Gasteiger partial charge in [-0.25, -0.2) is 0 Å². The zero-order valence-electron chi connectivity index (χ0n) is 9.91. The smallest absolute Gasteiger partial charge is 0.232 e. The first-order valence-corrected chi connectivity index (χ1v) is 7.38. The third kappa shape index (κ3) is 4.61. The fourth-order valence-electron chi connectivity index (χ4n) is 1.90. The molecule has 16 heavy (non-hydrogen) atoms. The van der Waals surface area contributed by atoms with Crippen molar-refractivity contribution < 1.29 is 9.00 Å². The van der Waals surface area contributed by atoms with E-state index in [0.29, 0.717) is 12.6 Å². The van der Waals surface area contributed by atoms with Crippen molar-refractivity contribution in [3.8, 4) is 0 Å². The van der Waals surface area contributed by atoms with Gasteiger partial charge in [0.05, 0.1) is 0 Å². The van der Waals surface area contributed by atoms with E-state index in [2.05, 4.69) is 5.32 Å². The van der Waals surface area contributed by atoms with Gasteiger partial charge in [0.1, 0.15) is 5.75 Å². The summed E-state index contributed by atoms with van der Waals surface area (Å²) < 4.78 is 11.6. The van der Waals surface area contributed by atoms with Crippen LogP contribution in [0.15, 0.2) is 0 Å². The first-order chi connectivity index (χ1) is 7.63. The molecule has 1 rings (SSSR count). The molecule has 4 nitrogen and oxygen atoms in total. The van der Waals surface area contributed by atoms with Crippen LogP contribution in [0.1, 0.15) is 39.0 Å². The Balaban J connectivity index is 2.26. The molecule has 0 radical (unpaired) electrons. The molecular formula is C11H22N2O2S. The Kier molecular flexibility index (Phi) is 5.98. The molecule has 94 valence electrons. The molecule has 1 aliphatic rings. The summed E-state index contributed by atoms with van der Waals surface area (Å²) in [5.74, 6) is 0.0000309. The van der Waals surface area contributed by atoms with Gasteiger partial charge in [-0.1, -0.05) is 19.3 Å². The molecule has 1 aliphatic carbocycles. The molecule has 2 atom stereocenters. The molecule has 0 bridgehead atoms. The topological polar surface area (TPSA) is 72.2 Å². The van der Waals surface area contributed by atoms with Crippen molar-refractivity contribution in [2.45, 2.75) is 50.3 Å². The first kappa shape index (κ1) is 13.6. The Labute approximate surface area is 99.8 Å². The second-order valence-electron chi connectivity index (χ2n) is 4.47. The number of hydrogen-bond acceptors (Lipinski definition) is 3. The van der Waals surface area contributed by atoms with Gasteiger partial charge < -0.3 is 11.1 Å². The molecule has 1 saturated carbocycles. The van der Waals surface area contributed by atoms with Crippen LogP contribution in [0.2, 0.25) is 0 Å². The summed E-state index contributed by atoms with van der Waals surface area (Å²) in [5.41, 5.74) is 5.41. The normalized spacial score (nSPS) is 21.4. The number of carbonyl (C=O) groups is 1. The van der Waals surface area contributed by atoms with E-state index in [1.165, 1.54) is 19.3 Å². The standard InChI is InChI=1S/C11H22N2O2S/c1-9(7-12)16(15)8-11(14)13-10-5-3-2-4-6-10/h9-10H,2-8,12H2,1H3,(H,13,14). The summed E-state index contributed by atoms with van der Waals surface area (Å²) in [4.78, 5) is 11.6. The second-order valence-corrected chi connectivity index (χ2v) is 6.33. The minimum atomic E-state index is -1.14. The molecule has 0 aromatic heterocycles. The van der Waals surface area contributed by atoms with E-state index in [0.717, 1.165) is 12.8 Å². The maximum atomic E-state index is 11.6. The quantitative estimate of drug-likeness (QED) is 0.743. The molecule has 0 aliphatic heterocycles. The zero-order chi connectivity index (χ0) is 12.0. The van der Waals surface area contributed by atoms with E-state index in [4.69, 9.17) is 5.73 Å². The number of amides is 1. The predicted molar refractivity (Wildman–Crippen MR) is 66.5 cm³/mol. The highest BCUT2D eigenvalue weighted by Crippen LogP contribution is 2.17. The largest absolute Gasteiger partial charge is 0.353 e. The molecule has 1 amide bonds. The van der Waals surface area contributed by atoms with Crippen LogP contribution in [0.5, 0.6) is 0 Å². The van der Waals surface area contributed by atoms with Crippen LogP contribution in [-0.2, 0) is 15.6 Å². The van der Waals surface area contributed by atoms with E-state index in [1.807, 2.05) is 6.92 Å². The lowest BCUT2D eigenvalue weighted by Gasteiger charge is -2.22. The third-order valence-electron chi connectivity index (χ3n) is 3.02. The van der Waals surface area contributed by atoms with Crippen LogP contribution in [-0.4, -0.2) is 33.7 Å².